The summed E-state index contributed by atoms with van der Waals surface area (Å²) in [6.45, 7) is 4.18. The number of rotatable bonds is 8. The van der Waals surface area contributed by atoms with Crippen molar-refractivity contribution in [2.75, 3.05) is 22.9 Å². The summed E-state index contributed by atoms with van der Waals surface area (Å²) in [6, 6.07) is 18.1. The molecule has 0 saturated carbocycles. The Bertz CT molecular complexity index is 1540. The third-order valence-corrected chi connectivity index (χ3v) is 6.96. The van der Waals surface area contributed by atoms with Crippen LogP contribution in [0.5, 0.6) is 23.0 Å². The summed E-state index contributed by atoms with van der Waals surface area (Å²) < 4.78 is 12.1. The van der Waals surface area contributed by atoms with Crippen LogP contribution in [0, 0.1) is 0 Å². The molecule has 0 fully saturated rings. The monoisotopic (exact) mass is 536 g/mol. The second kappa shape index (κ2) is 10.6. The number of nitrogen functional groups attached to an aromatic ring is 4. The number of hydrogen-bond donors (Lipinski definition) is 4. The van der Waals surface area contributed by atoms with E-state index in [1.54, 1.807) is 12.1 Å². The van der Waals surface area contributed by atoms with Gasteiger partial charge in [-0.25, -0.2) is 0 Å². The van der Waals surface area contributed by atoms with Crippen LogP contribution in [-0.4, -0.2) is 11.6 Å². The second-order valence-corrected chi connectivity index (χ2v) is 9.91. The molecule has 0 radical (unpaired) electrons. The first-order valence-electron chi connectivity index (χ1n) is 13.3. The van der Waals surface area contributed by atoms with Crippen LogP contribution in [0.4, 0.5) is 22.7 Å². The molecule has 40 heavy (non-hydrogen) atoms. The molecule has 8 heteroatoms. The third kappa shape index (κ3) is 4.68. The molecule has 0 amide bonds. The molecule has 0 bridgehead atoms. The van der Waals surface area contributed by atoms with Gasteiger partial charge in [-0.05, 0) is 48.2 Å². The molecule has 0 heterocycles. The minimum absolute atomic E-state index is 0.000122. The molecule has 8 N–H and O–H groups in total. The summed E-state index contributed by atoms with van der Waals surface area (Å²) in [5.74, 6) is 0.321. The van der Waals surface area contributed by atoms with Crippen LogP contribution >= 0.6 is 0 Å². The first-order valence-corrected chi connectivity index (χ1v) is 13.3. The Morgan fingerprint density at radius 2 is 0.975 bits per heavy atom. The number of nitrogens with two attached hydrogens (primary N) is 4. The predicted octanol–water partition coefficient (Wildman–Crippen LogP) is 6.28. The molecule has 0 saturated heterocycles. The summed E-state index contributed by atoms with van der Waals surface area (Å²) in [5, 5.41) is 0. The van der Waals surface area contributed by atoms with Crippen molar-refractivity contribution in [3.05, 3.63) is 94.0 Å². The first-order chi connectivity index (χ1) is 19.2. The number of ketones is 2. The SMILES string of the molecule is CCCc1cccc(Oc2cc(N)c3c(c2N)C(=O)c2c(N)cc(Oc4cccc(CCC)c4)c(N)c2C3=O)c1. The van der Waals surface area contributed by atoms with E-state index in [4.69, 9.17) is 32.4 Å². The van der Waals surface area contributed by atoms with Gasteiger partial charge in [0.15, 0.2) is 23.1 Å². The van der Waals surface area contributed by atoms with Gasteiger partial charge in [0.25, 0.3) is 0 Å². The Balaban J connectivity index is 1.56. The minimum atomic E-state index is -0.556. The lowest BCUT2D eigenvalue weighted by Crippen LogP contribution is -2.26. The van der Waals surface area contributed by atoms with Gasteiger partial charge in [-0.15, -0.1) is 0 Å². The van der Waals surface area contributed by atoms with Crippen molar-refractivity contribution in [2.24, 2.45) is 0 Å². The van der Waals surface area contributed by atoms with Crippen LogP contribution in [-0.2, 0) is 12.8 Å². The molecule has 0 spiro atoms. The molecule has 204 valence electrons. The van der Waals surface area contributed by atoms with E-state index < -0.39 is 11.6 Å². The maximum absolute atomic E-state index is 13.8. The Labute approximate surface area is 232 Å². The Hall–Kier alpha value is -4.98. The second-order valence-electron chi connectivity index (χ2n) is 9.91. The quantitative estimate of drug-likeness (QED) is 0.169. The summed E-state index contributed by atoms with van der Waals surface area (Å²) >= 11 is 0. The molecule has 1 aliphatic rings. The van der Waals surface area contributed by atoms with Gasteiger partial charge in [-0.3, -0.25) is 9.59 Å². The number of aryl methyl sites for hydroxylation is 2. The zero-order valence-electron chi connectivity index (χ0n) is 22.5. The van der Waals surface area contributed by atoms with E-state index in [9.17, 15) is 9.59 Å². The average Bonchev–Trinajstić information content (AvgIpc) is 2.92. The van der Waals surface area contributed by atoms with E-state index in [0.29, 0.717) is 11.5 Å². The highest BCUT2D eigenvalue weighted by Crippen LogP contribution is 2.46. The van der Waals surface area contributed by atoms with Crippen LogP contribution in [0.2, 0.25) is 0 Å². The normalized spacial score (nSPS) is 12.2. The summed E-state index contributed by atoms with van der Waals surface area (Å²) in [7, 11) is 0. The Kier molecular flexibility index (Phi) is 7.09. The number of hydrogen-bond acceptors (Lipinski definition) is 8. The average molecular weight is 537 g/mol. The molecule has 0 aliphatic heterocycles. The van der Waals surface area contributed by atoms with Crippen molar-refractivity contribution in [3.63, 3.8) is 0 Å². The minimum Gasteiger partial charge on any atom is -0.455 e. The van der Waals surface area contributed by atoms with Gasteiger partial charge in [0.2, 0.25) is 0 Å². The number of benzene rings is 4. The van der Waals surface area contributed by atoms with Crippen molar-refractivity contribution in [1.82, 2.24) is 0 Å². The molecule has 4 aromatic rings. The molecule has 0 aromatic heterocycles. The fourth-order valence-electron chi connectivity index (χ4n) is 5.13. The largest absolute Gasteiger partial charge is 0.455 e. The number of carbonyl (C=O) groups excluding carboxylic acids is 2. The topological polar surface area (TPSA) is 157 Å². The van der Waals surface area contributed by atoms with Gasteiger partial charge >= 0.3 is 0 Å². The lowest BCUT2D eigenvalue weighted by Gasteiger charge is -2.25. The van der Waals surface area contributed by atoms with Gasteiger partial charge in [0.1, 0.15) is 11.5 Å². The molecular formula is C32H32N4O4. The number of ether oxygens (including phenoxy) is 2. The summed E-state index contributed by atoms with van der Waals surface area (Å²) in [6.07, 6.45) is 3.74. The molecule has 0 atom stereocenters. The highest BCUT2D eigenvalue weighted by Gasteiger charge is 2.38. The van der Waals surface area contributed by atoms with Gasteiger partial charge in [-0.1, -0.05) is 51.0 Å². The Morgan fingerprint density at radius 1 is 0.575 bits per heavy atom. The van der Waals surface area contributed by atoms with Crippen LogP contribution in [0.3, 0.4) is 0 Å². The predicted molar refractivity (Wildman–Crippen MR) is 158 cm³/mol. The lowest BCUT2D eigenvalue weighted by atomic mass is 9.80. The van der Waals surface area contributed by atoms with Crippen LogP contribution in [0.25, 0.3) is 0 Å². The Morgan fingerprint density at radius 3 is 1.35 bits per heavy atom. The van der Waals surface area contributed by atoms with Crippen molar-refractivity contribution in [1.29, 1.82) is 0 Å². The zero-order chi connectivity index (χ0) is 28.6. The van der Waals surface area contributed by atoms with Gasteiger partial charge < -0.3 is 32.4 Å². The molecular weight excluding hydrogens is 504 g/mol. The number of carbonyl (C=O) groups is 2. The highest BCUT2D eigenvalue weighted by molar-refractivity contribution is 6.35. The van der Waals surface area contributed by atoms with Crippen LogP contribution < -0.4 is 32.4 Å². The maximum atomic E-state index is 13.8. The molecule has 0 unspecified atom stereocenters. The van der Waals surface area contributed by atoms with Gasteiger partial charge in [0, 0.05) is 23.5 Å². The van der Waals surface area contributed by atoms with E-state index >= 15 is 0 Å². The lowest BCUT2D eigenvalue weighted by molar-refractivity contribution is 0.0981. The molecule has 4 aromatic carbocycles. The van der Waals surface area contributed by atoms with Gasteiger partial charge in [0.05, 0.1) is 33.6 Å². The van der Waals surface area contributed by atoms with Gasteiger partial charge in [-0.2, -0.15) is 0 Å². The summed E-state index contributed by atoms with van der Waals surface area (Å²) in [4.78, 5) is 27.6. The fraction of sp³-hybridized carbons (Fsp3) is 0.188. The van der Waals surface area contributed by atoms with Crippen molar-refractivity contribution >= 4 is 34.3 Å². The van der Waals surface area contributed by atoms with E-state index in [-0.39, 0.29) is 56.5 Å². The van der Waals surface area contributed by atoms with E-state index in [2.05, 4.69) is 13.8 Å². The fourth-order valence-corrected chi connectivity index (χ4v) is 5.13. The van der Waals surface area contributed by atoms with E-state index in [1.165, 1.54) is 12.1 Å². The number of fused-ring (bicyclic) bond motifs is 2. The molecule has 8 nitrogen and oxygen atoms in total. The standard InChI is InChI=1S/C32H32N4O4/c1-3-7-17-9-5-11-19(13-17)39-23-15-21(33)25-27(29(23)35)31(37)26-22(34)16-24(30(36)28(26)32(25)38)40-20-12-6-10-18(14-20)8-4-2/h5-6,9-16H,3-4,7-8,33-36H2,1-2H3. The maximum Gasteiger partial charge on any atom is 0.198 e. The van der Waals surface area contributed by atoms with Crippen molar-refractivity contribution < 1.29 is 19.1 Å². The van der Waals surface area contributed by atoms with Crippen molar-refractivity contribution in [2.45, 2.75) is 39.5 Å². The summed E-state index contributed by atoms with van der Waals surface area (Å²) in [5.41, 5.74) is 27.7. The van der Waals surface area contributed by atoms with Crippen LogP contribution in [0.1, 0.15) is 69.7 Å². The van der Waals surface area contributed by atoms with E-state index in [0.717, 1.165) is 36.8 Å². The molecule has 1 aliphatic carbocycles. The first kappa shape index (κ1) is 26.6. The molecule has 5 rings (SSSR count). The van der Waals surface area contributed by atoms with Crippen LogP contribution in [0.15, 0.2) is 60.7 Å². The van der Waals surface area contributed by atoms with E-state index in [1.807, 2.05) is 36.4 Å². The zero-order valence-corrected chi connectivity index (χ0v) is 22.5. The van der Waals surface area contributed by atoms with Crippen molar-refractivity contribution in [3.8, 4) is 23.0 Å². The highest BCUT2D eigenvalue weighted by atomic mass is 16.5. The third-order valence-electron chi connectivity index (χ3n) is 6.96. The smallest absolute Gasteiger partial charge is 0.198 e. The number of anilines is 4.